The largest absolute Gasteiger partial charge is 0.388 e. The summed E-state index contributed by atoms with van der Waals surface area (Å²) in [5.41, 5.74) is 6.46. The molecule has 0 amide bonds. The van der Waals surface area contributed by atoms with E-state index in [4.69, 9.17) is 10.5 Å². The highest BCUT2D eigenvalue weighted by Crippen LogP contribution is 2.30. The normalized spacial score (nSPS) is 32.9. The minimum absolute atomic E-state index is 0. The molecular formula is C11H16ClN5O4. The van der Waals surface area contributed by atoms with Gasteiger partial charge in [0.2, 0.25) is 0 Å². The van der Waals surface area contributed by atoms with Gasteiger partial charge in [0.25, 0.3) is 0 Å². The molecule has 9 nitrogen and oxygen atoms in total. The Morgan fingerprint density at radius 3 is 2.57 bits per heavy atom. The topological polar surface area (TPSA) is 140 Å². The number of imidazole rings is 1. The highest BCUT2D eigenvalue weighted by atomic mass is 35.5. The lowest BCUT2D eigenvalue weighted by molar-refractivity contribution is -0.239. The molecule has 116 valence electrons. The van der Waals surface area contributed by atoms with Crippen LogP contribution in [0.5, 0.6) is 0 Å². The zero-order valence-corrected chi connectivity index (χ0v) is 11.9. The van der Waals surface area contributed by atoms with Crippen LogP contribution in [0.25, 0.3) is 11.2 Å². The molecule has 3 heterocycles. The molecule has 21 heavy (non-hydrogen) atoms. The van der Waals surface area contributed by atoms with Crippen LogP contribution in [0.4, 0.5) is 5.82 Å². The maximum Gasteiger partial charge on any atom is 0.167 e. The van der Waals surface area contributed by atoms with E-state index in [-0.39, 0.29) is 18.2 Å². The Balaban J connectivity index is 0.00000161. The van der Waals surface area contributed by atoms with E-state index in [9.17, 15) is 15.3 Å². The number of anilines is 1. The molecular weight excluding hydrogens is 302 g/mol. The molecule has 0 saturated carbocycles. The third-order valence-corrected chi connectivity index (χ3v) is 3.49. The smallest absolute Gasteiger partial charge is 0.167 e. The van der Waals surface area contributed by atoms with Crippen molar-refractivity contribution in [2.45, 2.75) is 37.6 Å². The van der Waals surface area contributed by atoms with Crippen molar-refractivity contribution in [1.29, 1.82) is 0 Å². The van der Waals surface area contributed by atoms with Crippen molar-refractivity contribution in [3.63, 3.8) is 0 Å². The third-order valence-electron chi connectivity index (χ3n) is 3.49. The fourth-order valence-corrected chi connectivity index (χ4v) is 2.32. The van der Waals surface area contributed by atoms with Crippen molar-refractivity contribution < 1.29 is 20.1 Å². The Morgan fingerprint density at radius 1 is 1.14 bits per heavy atom. The SMILES string of the molecule is C[C@@H]1O[C@@H](n2cnc3c(N)ncnc32)[C@H](O)[C@H](O)[C@H]1O.Cl. The van der Waals surface area contributed by atoms with E-state index in [1.165, 1.54) is 17.2 Å². The van der Waals surface area contributed by atoms with Crippen molar-refractivity contribution in [2.75, 3.05) is 5.73 Å². The predicted molar refractivity (Wildman–Crippen MR) is 74.6 cm³/mol. The minimum Gasteiger partial charge on any atom is -0.388 e. The summed E-state index contributed by atoms with van der Waals surface area (Å²) in [6.45, 7) is 1.61. The predicted octanol–water partition coefficient (Wildman–Crippen LogP) is -1.17. The fourth-order valence-electron chi connectivity index (χ4n) is 2.32. The summed E-state index contributed by atoms with van der Waals surface area (Å²) < 4.78 is 7.00. The first-order valence-corrected chi connectivity index (χ1v) is 6.13. The van der Waals surface area contributed by atoms with Gasteiger partial charge in [0.15, 0.2) is 17.7 Å². The minimum atomic E-state index is -1.32. The van der Waals surface area contributed by atoms with E-state index in [1.54, 1.807) is 6.92 Å². The molecule has 1 fully saturated rings. The van der Waals surface area contributed by atoms with E-state index in [0.29, 0.717) is 11.2 Å². The maximum absolute atomic E-state index is 10.1. The monoisotopic (exact) mass is 317 g/mol. The van der Waals surface area contributed by atoms with Gasteiger partial charge in [0.05, 0.1) is 12.4 Å². The number of ether oxygens (including phenoxy) is 1. The molecule has 1 aliphatic heterocycles. The molecule has 1 aliphatic rings. The van der Waals surface area contributed by atoms with Gasteiger partial charge < -0.3 is 25.8 Å². The summed E-state index contributed by atoms with van der Waals surface area (Å²) >= 11 is 0. The number of nitrogens with two attached hydrogens (primary N) is 1. The number of nitrogen functional groups attached to an aromatic ring is 1. The first-order chi connectivity index (χ1) is 9.50. The van der Waals surface area contributed by atoms with Crippen LogP contribution in [0, 0.1) is 0 Å². The van der Waals surface area contributed by atoms with Gasteiger partial charge in [-0.25, -0.2) is 15.0 Å². The average Bonchev–Trinajstić information content (AvgIpc) is 2.86. The number of aliphatic hydroxyl groups is 3. The van der Waals surface area contributed by atoms with Crippen LogP contribution in [0.15, 0.2) is 12.7 Å². The zero-order chi connectivity index (χ0) is 14.4. The van der Waals surface area contributed by atoms with Gasteiger partial charge in [-0.3, -0.25) is 4.57 Å². The van der Waals surface area contributed by atoms with Gasteiger partial charge in [0, 0.05) is 0 Å². The first kappa shape index (κ1) is 15.9. The molecule has 0 bridgehead atoms. The average molecular weight is 318 g/mol. The Hall–Kier alpha value is -1.52. The summed E-state index contributed by atoms with van der Waals surface area (Å²) in [6, 6.07) is 0. The molecule has 5 N–H and O–H groups in total. The highest BCUT2D eigenvalue weighted by Gasteiger charge is 2.43. The summed E-state index contributed by atoms with van der Waals surface area (Å²) in [7, 11) is 0. The van der Waals surface area contributed by atoms with Crippen LogP contribution >= 0.6 is 12.4 Å². The Morgan fingerprint density at radius 2 is 1.86 bits per heavy atom. The van der Waals surface area contributed by atoms with Gasteiger partial charge in [-0.05, 0) is 6.92 Å². The number of hydrogen-bond donors (Lipinski definition) is 4. The number of hydrogen-bond acceptors (Lipinski definition) is 8. The lowest BCUT2D eigenvalue weighted by Gasteiger charge is -2.39. The van der Waals surface area contributed by atoms with Crippen LogP contribution in [0.3, 0.4) is 0 Å². The lowest BCUT2D eigenvalue weighted by atomic mass is 9.99. The number of rotatable bonds is 1. The summed E-state index contributed by atoms with van der Waals surface area (Å²) in [6.07, 6.45) is -2.66. The van der Waals surface area contributed by atoms with E-state index >= 15 is 0 Å². The lowest BCUT2D eigenvalue weighted by Crippen LogP contribution is -2.54. The van der Waals surface area contributed by atoms with Crippen LogP contribution in [0.1, 0.15) is 13.2 Å². The number of nitrogens with zero attached hydrogens (tertiary/aromatic N) is 4. The molecule has 0 aliphatic carbocycles. The Bertz CT molecular complexity index is 638. The molecule has 0 spiro atoms. The molecule has 10 heteroatoms. The van der Waals surface area contributed by atoms with Crippen molar-refractivity contribution in [3.8, 4) is 0 Å². The fraction of sp³-hybridized carbons (Fsp3) is 0.545. The Kier molecular flexibility index (Phi) is 4.30. The van der Waals surface area contributed by atoms with Crippen molar-refractivity contribution >= 4 is 29.4 Å². The number of aliphatic hydroxyl groups excluding tert-OH is 3. The second-order valence-electron chi connectivity index (χ2n) is 4.79. The van der Waals surface area contributed by atoms with Crippen LogP contribution in [-0.2, 0) is 4.74 Å². The van der Waals surface area contributed by atoms with Crippen molar-refractivity contribution in [2.24, 2.45) is 0 Å². The van der Waals surface area contributed by atoms with Gasteiger partial charge in [-0.2, -0.15) is 0 Å². The zero-order valence-electron chi connectivity index (χ0n) is 11.1. The van der Waals surface area contributed by atoms with Gasteiger partial charge >= 0.3 is 0 Å². The Labute approximate surface area is 125 Å². The van der Waals surface area contributed by atoms with Crippen LogP contribution in [0.2, 0.25) is 0 Å². The van der Waals surface area contributed by atoms with Crippen LogP contribution < -0.4 is 5.73 Å². The molecule has 0 unspecified atom stereocenters. The summed E-state index contributed by atoms with van der Waals surface area (Å²) in [5.74, 6) is 0.215. The molecule has 5 atom stereocenters. The molecule has 2 aromatic rings. The number of fused-ring (bicyclic) bond motifs is 1. The second-order valence-corrected chi connectivity index (χ2v) is 4.79. The molecule has 2 aromatic heterocycles. The number of halogens is 1. The van der Waals surface area contributed by atoms with E-state index in [1.807, 2.05) is 0 Å². The molecule has 0 aromatic carbocycles. The van der Waals surface area contributed by atoms with Crippen LogP contribution in [-0.4, -0.2) is 59.3 Å². The standard InChI is InChI=1S/C11H15N5O4.ClH/c1-4-6(17)7(18)8(19)11(20-4)16-3-15-5-9(12)13-2-14-10(5)16;/h2-4,6-8,11,17-19H,1H3,(H2,12,13,14);1H/t4-,6-,7+,8+,11+;/m0./s1. The maximum atomic E-state index is 10.1. The summed E-state index contributed by atoms with van der Waals surface area (Å²) in [5, 5.41) is 29.6. The molecule has 1 saturated heterocycles. The van der Waals surface area contributed by atoms with Gasteiger partial charge in [-0.1, -0.05) is 0 Å². The first-order valence-electron chi connectivity index (χ1n) is 6.13. The second kappa shape index (κ2) is 5.70. The van der Waals surface area contributed by atoms with Crippen molar-refractivity contribution in [3.05, 3.63) is 12.7 Å². The third kappa shape index (κ3) is 2.43. The van der Waals surface area contributed by atoms with E-state index in [0.717, 1.165) is 0 Å². The summed E-state index contributed by atoms with van der Waals surface area (Å²) in [4.78, 5) is 12.0. The molecule has 3 rings (SSSR count). The van der Waals surface area contributed by atoms with Crippen molar-refractivity contribution in [1.82, 2.24) is 19.5 Å². The quantitative estimate of drug-likeness (QED) is 0.516. The highest BCUT2D eigenvalue weighted by molar-refractivity contribution is 5.85. The molecule has 0 radical (unpaired) electrons. The van der Waals surface area contributed by atoms with Gasteiger partial charge in [-0.15, -0.1) is 12.4 Å². The van der Waals surface area contributed by atoms with E-state index < -0.39 is 30.6 Å². The van der Waals surface area contributed by atoms with Gasteiger partial charge in [0.1, 0.15) is 30.2 Å². The van der Waals surface area contributed by atoms with E-state index in [2.05, 4.69) is 15.0 Å². The number of aromatic nitrogens is 4.